The Morgan fingerprint density at radius 2 is 1.65 bits per heavy atom. The van der Waals surface area contributed by atoms with Crippen molar-refractivity contribution in [1.82, 2.24) is 5.32 Å². The highest BCUT2D eigenvalue weighted by molar-refractivity contribution is 9.10. The summed E-state index contributed by atoms with van der Waals surface area (Å²) >= 11 is 8.79. The zero-order valence-corrected chi connectivity index (χ0v) is 20.6. The zero-order valence-electron chi connectivity index (χ0n) is 18.2. The van der Waals surface area contributed by atoms with Gasteiger partial charge in [0.2, 0.25) is 0 Å². The third kappa shape index (κ3) is 8.87. The molecule has 0 aliphatic carbocycles. The van der Waals surface area contributed by atoms with Crippen molar-refractivity contribution < 1.29 is 14.3 Å². The van der Waals surface area contributed by atoms with Gasteiger partial charge in [-0.2, -0.15) is 0 Å². The van der Waals surface area contributed by atoms with E-state index in [9.17, 15) is 4.79 Å². The number of ether oxygens (including phenoxy) is 2. The van der Waals surface area contributed by atoms with Gasteiger partial charge in [0.05, 0.1) is 24.5 Å². The molecule has 0 bridgehead atoms. The van der Waals surface area contributed by atoms with Crippen LogP contribution < -0.4 is 20.1 Å². The average molecular weight is 507 g/mol. The van der Waals surface area contributed by atoms with E-state index in [1.54, 1.807) is 12.1 Å². The van der Waals surface area contributed by atoms with E-state index in [0.29, 0.717) is 36.0 Å². The van der Waals surface area contributed by atoms with Crippen molar-refractivity contribution in [3.63, 3.8) is 0 Å². The zero-order chi connectivity index (χ0) is 22.5. The van der Waals surface area contributed by atoms with Crippen molar-refractivity contribution in [3.8, 4) is 11.5 Å². The molecule has 0 fully saturated rings. The lowest BCUT2D eigenvalue weighted by Crippen LogP contribution is -2.34. The number of halogens is 1. The van der Waals surface area contributed by atoms with Gasteiger partial charge in [0.25, 0.3) is 5.91 Å². The molecule has 7 heteroatoms. The molecule has 2 N–H and O–H groups in total. The second-order valence-electron chi connectivity index (χ2n) is 7.16. The molecular formula is C24H31BrN2O3S. The Kier molecular flexibility index (Phi) is 11.4. The number of benzene rings is 2. The molecule has 0 aliphatic heterocycles. The maximum Gasteiger partial charge on any atom is 0.261 e. The van der Waals surface area contributed by atoms with Crippen LogP contribution in [0.1, 0.15) is 62.7 Å². The van der Waals surface area contributed by atoms with Gasteiger partial charge in [0.15, 0.2) is 5.11 Å². The molecule has 2 aromatic rings. The number of rotatable bonds is 12. The van der Waals surface area contributed by atoms with Crippen molar-refractivity contribution in [2.45, 2.75) is 52.4 Å². The molecule has 0 unspecified atom stereocenters. The minimum Gasteiger partial charge on any atom is -0.493 e. The van der Waals surface area contributed by atoms with Crippen LogP contribution in [0.25, 0.3) is 0 Å². The van der Waals surface area contributed by atoms with Crippen molar-refractivity contribution in [2.24, 2.45) is 0 Å². The molecule has 0 radical (unpaired) electrons. The first kappa shape index (κ1) is 25.1. The van der Waals surface area contributed by atoms with E-state index in [4.69, 9.17) is 21.7 Å². The highest BCUT2D eigenvalue weighted by atomic mass is 79.9. The van der Waals surface area contributed by atoms with E-state index < -0.39 is 0 Å². The predicted molar refractivity (Wildman–Crippen MR) is 134 cm³/mol. The van der Waals surface area contributed by atoms with Gasteiger partial charge in [0, 0.05) is 4.47 Å². The molecule has 168 valence electrons. The highest BCUT2D eigenvalue weighted by Crippen LogP contribution is 2.25. The molecule has 2 rings (SSSR count). The molecular weight excluding hydrogens is 476 g/mol. The summed E-state index contributed by atoms with van der Waals surface area (Å²) in [6.45, 7) is 5.49. The van der Waals surface area contributed by atoms with Crippen LogP contribution in [0.2, 0.25) is 0 Å². The summed E-state index contributed by atoms with van der Waals surface area (Å²) in [5, 5.41) is 6.00. The first-order valence-corrected chi connectivity index (χ1v) is 12.0. The lowest BCUT2D eigenvalue weighted by atomic mass is 10.2. The van der Waals surface area contributed by atoms with Crippen LogP contribution in [-0.4, -0.2) is 24.2 Å². The molecule has 0 atom stereocenters. The van der Waals surface area contributed by atoms with Gasteiger partial charge >= 0.3 is 0 Å². The molecule has 0 aliphatic rings. The average Bonchev–Trinajstić information content (AvgIpc) is 2.75. The first-order valence-electron chi connectivity index (χ1n) is 10.8. The number of carbonyl (C=O) groups excluding carboxylic acids is 1. The molecule has 0 spiro atoms. The van der Waals surface area contributed by atoms with Gasteiger partial charge < -0.3 is 14.8 Å². The normalized spacial score (nSPS) is 10.4. The highest BCUT2D eigenvalue weighted by Gasteiger charge is 2.16. The predicted octanol–water partition coefficient (Wildman–Crippen LogP) is 6.71. The fourth-order valence-electron chi connectivity index (χ4n) is 2.86. The van der Waals surface area contributed by atoms with E-state index in [1.165, 1.54) is 12.8 Å². The molecule has 5 nitrogen and oxygen atoms in total. The van der Waals surface area contributed by atoms with Crippen LogP contribution in [-0.2, 0) is 0 Å². The Morgan fingerprint density at radius 3 is 2.42 bits per heavy atom. The molecule has 0 aromatic heterocycles. The smallest absolute Gasteiger partial charge is 0.261 e. The summed E-state index contributed by atoms with van der Waals surface area (Å²) in [6, 6.07) is 12.9. The van der Waals surface area contributed by atoms with Crippen LogP contribution in [0.15, 0.2) is 46.9 Å². The van der Waals surface area contributed by atoms with Crippen molar-refractivity contribution in [2.75, 3.05) is 18.5 Å². The van der Waals surface area contributed by atoms with Crippen LogP contribution in [0.5, 0.6) is 11.5 Å². The molecule has 0 saturated heterocycles. The Labute approximate surface area is 199 Å². The van der Waals surface area contributed by atoms with E-state index in [-0.39, 0.29) is 11.0 Å². The van der Waals surface area contributed by atoms with Gasteiger partial charge in [-0.05, 0) is 55.4 Å². The van der Waals surface area contributed by atoms with E-state index in [1.807, 2.05) is 30.3 Å². The van der Waals surface area contributed by atoms with Crippen LogP contribution in [0.4, 0.5) is 5.69 Å². The number of unbranched alkanes of at least 4 members (excludes halogenated alkanes) is 4. The van der Waals surface area contributed by atoms with Crippen molar-refractivity contribution in [1.29, 1.82) is 0 Å². The number of amides is 1. The summed E-state index contributed by atoms with van der Waals surface area (Å²) in [5.74, 6) is 0.918. The topological polar surface area (TPSA) is 59.6 Å². The first-order chi connectivity index (χ1) is 15.0. The maximum atomic E-state index is 12.9. The summed E-state index contributed by atoms with van der Waals surface area (Å²) in [5.41, 5.74) is 1.15. The van der Waals surface area contributed by atoms with Gasteiger partial charge in [-0.1, -0.05) is 67.6 Å². The Morgan fingerprint density at radius 1 is 0.935 bits per heavy atom. The fourth-order valence-corrected chi connectivity index (χ4v) is 3.43. The number of nitrogens with one attached hydrogen (secondary N) is 2. The number of carbonyl (C=O) groups is 1. The Bertz CT molecular complexity index is 860. The number of hydrogen-bond acceptors (Lipinski definition) is 4. The lowest BCUT2D eigenvalue weighted by molar-refractivity contribution is 0.0973. The monoisotopic (exact) mass is 506 g/mol. The minimum atomic E-state index is -0.327. The van der Waals surface area contributed by atoms with Crippen molar-refractivity contribution >= 4 is 44.9 Å². The van der Waals surface area contributed by atoms with Gasteiger partial charge in [-0.25, -0.2) is 0 Å². The summed E-state index contributed by atoms with van der Waals surface area (Å²) in [7, 11) is 0. The summed E-state index contributed by atoms with van der Waals surface area (Å²) < 4.78 is 12.5. The van der Waals surface area contributed by atoms with Gasteiger partial charge in [0.1, 0.15) is 11.5 Å². The second-order valence-corrected chi connectivity index (χ2v) is 8.48. The van der Waals surface area contributed by atoms with Crippen LogP contribution in [0.3, 0.4) is 0 Å². The van der Waals surface area contributed by atoms with E-state index in [2.05, 4.69) is 40.4 Å². The van der Waals surface area contributed by atoms with Crippen LogP contribution in [0, 0.1) is 0 Å². The molecule has 31 heavy (non-hydrogen) atoms. The minimum absolute atomic E-state index is 0.199. The molecule has 2 aromatic carbocycles. The number of hydrogen-bond donors (Lipinski definition) is 2. The van der Waals surface area contributed by atoms with Gasteiger partial charge in [-0.3, -0.25) is 10.1 Å². The van der Waals surface area contributed by atoms with E-state index >= 15 is 0 Å². The SMILES string of the molecule is CCCCCCOc1ccc(Br)cc1C(=O)NC(=S)Nc1ccccc1OCCCC. The quantitative estimate of drug-likeness (QED) is 0.247. The van der Waals surface area contributed by atoms with Crippen LogP contribution >= 0.6 is 28.1 Å². The number of anilines is 1. The lowest BCUT2D eigenvalue weighted by Gasteiger charge is -2.15. The Balaban J connectivity index is 2.00. The largest absolute Gasteiger partial charge is 0.493 e. The summed E-state index contributed by atoms with van der Waals surface area (Å²) in [6.07, 6.45) is 6.45. The molecule has 0 heterocycles. The molecule has 0 saturated carbocycles. The second kappa shape index (κ2) is 14.0. The molecule has 1 amide bonds. The Hall–Kier alpha value is -2.12. The third-order valence-electron chi connectivity index (χ3n) is 4.56. The number of para-hydroxylation sites is 2. The van der Waals surface area contributed by atoms with Gasteiger partial charge in [-0.15, -0.1) is 0 Å². The van der Waals surface area contributed by atoms with Crippen molar-refractivity contribution in [3.05, 3.63) is 52.5 Å². The third-order valence-corrected chi connectivity index (χ3v) is 5.26. The maximum absolute atomic E-state index is 12.9. The van der Waals surface area contributed by atoms with E-state index in [0.717, 1.165) is 30.2 Å². The fraction of sp³-hybridized carbons (Fsp3) is 0.417. The standard InChI is InChI=1S/C24H31BrN2O3S/c1-3-5-7-10-16-29-21-14-13-18(25)17-19(21)23(28)27-24(31)26-20-11-8-9-12-22(20)30-15-6-4-2/h8-9,11-14,17H,3-7,10,15-16H2,1-2H3,(H2,26,27,28,31). The summed E-state index contributed by atoms with van der Waals surface area (Å²) in [4.78, 5) is 12.9. The number of thiocarbonyl (C=S) groups is 1.